The topological polar surface area (TPSA) is 71.3 Å². The van der Waals surface area contributed by atoms with Gasteiger partial charge in [-0.15, -0.1) is 0 Å². The molecular weight excluding hydrogens is 324 g/mol. The summed E-state index contributed by atoms with van der Waals surface area (Å²) in [5, 5.41) is 6.48. The fraction of sp³-hybridized carbons (Fsp3) is 0.286. The minimum absolute atomic E-state index is 0.0307. The molecule has 0 spiro atoms. The van der Waals surface area contributed by atoms with Crippen LogP contribution in [0.3, 0.4) is 0 Å². The number of halogens is 1. The van der Waals surface area contributed by atoms with Crippen LogP contribution in [-0.4, -0.2) is 24.4 Å². The predicted octanol–water partition coefficient (Wildman–Crippen LogP) is 2.20. The molecule has 1 aromatic carbocycles. The van der Waals surface area contributed by atoms with Gasteiger partial charge in [0.1, 0.15) is 5.58 Å². The standard InChI is InChI=1S/C14H13BrN2O3/c15-10-3-1-2-8-6-11(20-13(8)10)14(19)17-9-4-5-12(18)16-7-9/h1-3,6,9H,4-5,7H2,(H,16,18)(H,17,19). The Morgan fingerprint density at radius 2 is 2.30 bits per heavy atom. The summed E-state index contributed by atoms with van der Waals surface area (Å²) in [6.45, 7) is 0.467. The van der Waals surface area contributed by atoms with E-state index in [1.54, 1.807) is 6.07 Å². The average molecular weight is 337 g/mol. The van der Waals surface area contributed by atoms with Crippen molar-refractivity contribution in [2.75, 3.05) is 6.54 Å². The van der Waals surface area contributed by atoms with E-state index in [4.69, 9.17) is 4.42 Å². The highest BCUT2D eigenvalue weighted by Gasteiger charge is 2.22. The Labute approximate surface area is 123 Å². The Balaban J connectivity index is 1.75. The van der Waals surface area contributed by atoms with E-state index in [1.165, 1.54) is 0 Å². The third-order valence-electron chi connectivity index (χ3n) is 3.32. The molecule has 3 rings (SSSR count). The summed E-state index contributed by atoms with van der Waals surface area (Å²) >= 11 is 3.39. The zero-order valence-corrected chi connectivity index (χ0v) is 12.2. The van der Waals surface area contributed by atoms with E-state index in [-0.39, 0.29) is 23.6 Å². The van der Waals surface area contributed by atoms with Crippen molar-refractivity contribution in [1.29, 1.82) is 0 Å². The summed E-state index contributed by atoms with van der Waals surface area (Å²) in [6.07, 6.45) is 1.10. The molecule has 1 saturated heterocycles. The van der Waals surface area contributed by atoms with Crippen LogP contribution in [0.2, 0.25) is 0 Å². The minimum Gasteiger partial charge on any atom is -0.450 e. The fourth-order valence-corrected chi connectivity index (χ4v) is 2.71. The van der Waals surface area contributed by atoms with Gasteiger partial charge in [-0.2, -0.15) is 0 Å². The molecule has 20 heavy (non-hydrogen) atoms. The van der Waals surface area contributed by atoms with Gasteiger partial charge in [0.25, 0.3) is 5.91 Å². The quantitative estimate of drug-likeness (QED) is 0.883. The zero-order valence-electron chi connectivity index (χ0n) is 10.6. The van der Waals surface area contributed by atoms with Crippen molar-refractivity contribution in [3.05, 3.63) is 34.5 Å². The molecule has 0 radical (unpaired) electrons. The van der Waals surface area contributed by atoms with Gasteiger partial charge in [-0.25, -0.2) is 0 Å². The molecule has 2 heterocycles. The molecule has 2 N–H and O–H groups in total. The van der Waals surface area contributed by atoms with Gasteiger partial charge in [-0.3, -0.25) is 9.59 Å². The highest BCUT2D eigenvalue weighted by atomic mass is 79.9. The van der Waals surface area contributed by atoms with E-state index < -0.39 is 0 Å². The molecule has 2 amide bonds. The van der Waals surface area contributed by atoms with Gasteiger partial charge in [0.2, 0.25) is 5.91 Å². The highest BCUT2D eigenvalue weighted by molar-refractivity contribution is 9.10. The number of nitrogens with one attached hydrogen (secondary N) is 2. The minimum atomic E-state index is -0.255. The van der Waals surface area contributed by atoms with Crippen molar-refractivity contribution < 1.29 is 14.0 Å². The lowest BCUT2D eigenvalue weighted by Crippen LogP contribution is -2.47. The second-order valence-electron chi connectivity index (χ2n) is 4.78. The molecule has 1 atom stereocenters. The summed E-state index contributed by atoms with van der Waals surface area (Å²) < 4.78 is 6.40. The number of hydrogen-bond donors (Lipinski definition) is 2. The second-order valence-corrected chi connectivity index (χ2v) is 5.64. The lowest BCUT2D eigenvalue weighted by molar-refractivity contribution is -0.122. The van der Waals surface area contributed by atoms with Crippen molar-refractivity contribution in [3.63, 3.8) is 0 Å². The van der Waals surface area contributed by atoms with Crippen LogP contribution in [0.4, 0.5) is 0 Å². The summed E-state index contributed by atoms with van der Waals surface area (Å²) in [5.74, 6) is 0.0567. The Hall–Kier alpha value is -1.82. The molecule has 1 aromatic heterocycles. The van der Waals surface area contributed by atoms with Crippen molar-refractivity contribution in [1.82, 2.24) is 10.6 Å². The predicted molar refractivity (Wildman–Crippen MR) is 77.4 cm³/mol. The number of carbonyl (C=O) groups is 2. The van der Waals surface area contributed by atoms with E-state index in [0.717, 1.165) is 9.86 Å². The van der Waals surface area contributed by atoms with E-state index >= 15 is 0 Å². The molecule has 0 aliphatic carbocycles. The lowest BCUT2D eigenvalue weighted by Gasteiger charge is -2.22. The summed E-state index contributed by atoms with van der Waals surface area (Å²) in [5.41, 5.74) is 0.662. The molecule has 0 bridgehead atoms. The highest BCUT2D eigenvalue weighted by Crippen LogP contribution is 2.27. The first-order chi connectivity index (χ1) is 9.63. The largest absolute Gasteiger partial charge is 0.450 e. The molecular formula is C14H13BrN2O3. The third-order valence-corrected chi connectivity index (χ3v) is 3.95. The van der Waals surface area contributed by atoms with Crippen LogP contribution >= 0.6 is 15.9 Å². The van der Waals surface area contributed by atoms with Crippen LogP contribution in [0.5, 0.6) is 0 Å². The number of piperidine rings is 1. The summed E-state index contributed by atoms with van der Waals surface area (Å²) in [6, 6.07) is 7.32. The number of fused-ring (bicyclic) bond motifs is 1. The summed E-state index contributed by atoms with van der Waals surface area (Å²) in [7, 11) is 0. The Morgan fingerprint density at radius 3 is 3.00 bits per heavy atom. The van der Waals surface area contributed by atoms with Gasteiger partial charge < -0.3 is 15.1 Å². The normalized spacial score (nSPS) is 18.9. The molecule has 5 nitrogen and oxygen atoms in total. The molecule has 104 valence electrons. The van der Waals surface area contributed by atoms with Gasteiger partial charge in [-0.1, -0.05) is 12.1 Å². The molecule has 1 aliphatic rings. The fourth-order valence-electron chi connectivity index (χ4n) is 2.25. The number of amides is 2. The molecule has 6 heteroatoms. The van der Waals surface area contributed by atoms with Gasteiger partial charge in [0.15, 0.2) is 5.76 Å². The first-order valence-corrected chi connectivity index (χ1v) is 7.18. The monoisotopic (exact) mass is 336 g/mol. The Bertz CT molecular complexity index is 670. The maximum absolute atomic E-state index is 12.1. The van der Waals surface area contributed by atoms with Crippen LogP contribution in [0, 0.1) is 0 Å². The zero-order chi connectivity index (χ0) is 14.1. The van der Waals surface area contributed by atoms with Crippen molar-refractivity contribution in [2.24, 2.45) is 0 Å². The molecule has 1 aliphatic heterocycles. The number of para-hydroxylation sites is 1. The molecule has 1 unspecified atom stereocenters. The van der Waals surface area contributed by atoms with E-state index in [1.807, 2.05) is 18.2 Å². The van der Waals surface area contributed by atoms with Crippen LogP contribution in [-0.2, 0) is 4.79 Å². The maximum atomic E-state index is 12.1. The average Bonchev–Trinajstić information content (AvgIpc) is 2.87. The van der Waals surface area contributed by atoms with Crippen LogP contribution in [0.15, 0.2) is 33.2 Å². The first-order valence-electron chi connectivity index (χ1n) is 6.39. The lowest BCUT2D eigenvalue weighted by atomic mass is 10.1. The van der Waals surface area contributed by atoms with E-state index in [0.29, 0.717) is 25.0 Å². The molecule has 1 fully saturated rings. The number of furan rings is 1. The van der Waals surface area contributed by atoms with Crippen LogP contribution in [0.1, 0.15) is 23.4 Å². The van der Waals surface area contributed by atoms with Crippen molar-refractivity contribution in [3.8, 4) is 0 Å². The second kappa shape index (κ2) is 5.28. The van der Waals surface area contributed by atoms with Crippen LogP contribution in [0.25, 0.3) is 11.0 Å². The number of hydrogen-bond acceptors (Lipinski definition) is 3. The Kier molecular flexibility index (Phi) is 3.48. The van der Waals surface area contributed by atoms with Crippen molar-refractivity contribution in [2.45, 2.75) is 18.9 Å². The third kappa shape index (κ3) is 2.56. The van der Waals surface area contributed by atoms with Gasteiger partial charge in [0, 0.05) is 24.4 Å². The molecule has 0 saturated carbocycles. The Morgan fingerprint density at radius 1 is 1.45 bits per heavy atom. The smallest absolute Gasteiger partial charge is 0.287 e. The summed E-state index contributed by atoms with van der Waals surface area (Å²) in [4.78, 5) is 23.2. The van der Waals surface area contributed by atoms with E-state index in [9.17, 15) is 9.59 Å². The molecule has 2 aromatic rings. The SMILES string of the molecule is O=C1CCC(NC(=O)c2cc3cccc(Br)c3o2)CN1. The first kappa shape index (κ1) is 13.2. The van der Waals surface area contributed by atoms with Crippen LogP contribution < -0.4 is 10.6 Å². The number of carbonyl (C=O) groups excluding carboxylic acids is 2. The van der Waals surface area contributed by atoms with Crippen molar-refractivity contribution >= 4 is 38.7 Å². The van der Waals surface area contributed by atoms with Gasteiger partial charge in [0.05, 0.1) is 4.47 Å². The van der Waals surface area contributed by atoms with Gasteiger partial charge >= 0.3 is 0 Å². The van der Waals surface area contributed by atoms with E-state index in [2.05, 4.69) is 26.6 Å². The van der Waals surface area contributed by atoms with Gasteiger partial charge in [-0.05, 0) is 34.5 Å². The number of benzene rings is 1. The number of rotatable bonds is 2. The maximum Gasteiger partial charge on any atom is 0.287 e.